The van der Waals surface area contributed by atoms with Crippen molar-refractivity contribution < 1.29 is 4.79 Å². The highest BCUT2D eigenvalue weighted by atomic mass is 32.1. The summed E-state index contributed by atoms with van der Waals surface area (Å²) in [6, 6.07) is 2.21. The summed E-state index contributed by atoms with van der Waals surface area (Å²) in [5.41, 5.74) is 6.94. The minimum absolute atomic E-state index is 0.152. The monoisotopic (exact) mass is 306 g/mol. The van der Waals surface area contributed by atoms with Crippen LogP contribution in [0.4, 0.5) is 0 Å². The number of aryl methyl sites for hydroxylation is 2. The van der Waals surface area contributed by atoms with Gasteiger partial charge in [0.15, 0.2) is 0 Å². The van der Waals surface area contributed by atoms with E-state index in [0.717, 1.165) is 46.7 Å². The number of hydrogen-bond donors (Lipinski definition) is 1. The Morgan fingerprint density at radius 3 is 2.71 bits per heavy atom. The molecule has 0 bridgehead atoms. The minimum atomic E-state index is 0.152. The molecular weight excluding hydrogens is 284 g/mol. The third-order valence-electron chi connectivity index (χ3n) is 4.48. The first kappa shape index (κ1) is 14.5. The summed E-state index contributed by atoms with van der Waals surface area (Å²) < 4.78 is 1.86. The number of rotatable bonds is 2. The number of fused-ring (bicyclic) bond motifs is 1. The summed E-state index contributed by atoms with van der Waals surface area (Å²) in [6.07, 6.45) is 2.02. The van der Waals surface area contributed by atoms with Crippen LogP contribution >= 0.6 is 11.3 Å². The van der Waals surface area contributed by atoms with Crippen LogP contribution in [0.15, 0.2) is 6.07 Å². The van der Waals surface area contributed by atoms with E-state index in [1.807, 2.05) is 29.6 Å². The fourth-order valence-electron chi connectivity index (χ4n) is 3.09. The number of hydrogen-bond acceptors (Lipinski definition) is 4. The molecule has 1 amide bonds. The molecule has 1 fully saturated rings. The van der Waals surface area contributed by atoms with Gasteiger partial charge in [-0.05, 0) is 38.7 Å². The quantitative estimate of drug-likeness (QED) is 0.924. The van der Waals surface area contributed by atoms with Gasteiger partial charge in [0.05, 0.1) is 10.6 Å². The predicted molar refractivity (Wildman–Crippen MR) is 85.6 cm³/mol. The molecule has 114 valence electrons. The van der Waals surface area contributed by atoms with E-state index in [0.29, 0.717) is 5.92 Å². The molecule has 1 aliphatic heterocycles. The maximum Gasteiger partial charge on any atom is 0.264 e. The topological polar surface area (TPSA) is 64.2 Å². The number of amides is 1. The summed E-state index contributed by atoms with van der Waals surface area (Å²) in [6.45, 7) is 5.67. The van der Waals surface area contributed by atoms with Crippen LogP contribution in [0.3, 0.4) is 0 Å². The van der Waals surface area contributed by atoms with Crippen LogP contribution in [0.2, 0.25) is 0 Å². The van der Waals surface area contributed by atoms with E-state index in [1.165, 1.54) is 11.3 Å². The van der Waals surface area contributed by atoms with Gasteiger partial charge in [-0.25, -0.2) is 0 Å². The average molecular weight is 306 g/mol. The number of thiophene rings is 1. The molecule has 0 aromatic carbocycles. The van der Waals surface area contributed by atoms with Crippen LogP contribution in [0.5, 0.6) is 0 Å². The van der Waals surface area contributed by atoms with Crippen LogP contribution in [0.1, 0.15) is 35.1 Å². The largest absolute Gasteiger partial charge is 0.338 e. The maximum atomic E-state index is 12.6. The SMILES string of the molecule is Cc1nn(C)c2sc(C(=O)N3CCC(C(C)N)CC3)cc12. The van der Waals surface area contributed by atoms with Crippen molar-refractivity contribution in [3.63, 3.8) is 0 Å². The first-order valence-electron chi connectivity index (χ1n) is 7.45. The Labute approximate surface area is 128 Å². The van der Waals surface area contributed by atoms with Crippen LogP contribution in [-0.2, 0) is 7.05 Å². The number of carbonyl (C=O) groups excluding carboxylic acids is 1. The molecule has 1 saturated heterocycles. The smallest absolute Gasteiger partial charge is 0.264 e. The van der Waals surface area contributed by atoms with Crippen molar-refractivity contribution in [1.29, 1.82) is 0 Å². The zero-order valence-corrected chi connectivity index (χ0v) is 13.6. The van der Waals surface area contributed by atoms with Gasteiger partial charge in [0.1, 0.15) is 4.83 Å². The van der Waals surface area contributed by atoms with Crippen molar-refractivity contribution in [3.05, 3.63) is 16.6 Å². The van der Waals surface area contributed by atoms with Crippen molar-refractivity contribution in [3.8, 4) is 0 Å². The second-order valence-electron chi connectivity index (χ2n) is 6.03. The summed E-state index contributed by atoms with van der Waals surface area (Å²) >= 11 is 1.54. The van der Waals surface area contributed by atoms with Crippen molar-refractivity contribution in [1.82, 2.24) is 14.7 Å². The maximum absolute atomic E-state index is 12.6. The summed E-state index contributed by atoms with van der Waals surface area (Å²) in [5, 5.41) is 5.47. The number of carbonyl (C=O) groups is 1. The normalized spacial score (nSPS) is 18.4. The van der Waals surface area contributed by atoms with Crippen molar-refractivity contribution in [2.45, 2.75) is 32.7 Å². The zero-order valence-electron chi connectivity index (χ0n) is 12.8. The third kappa shape index (κ3) is 2.58. The number of aromatic nitrogens is 2. The molecular formula is C15H22N4OS. The predicted octanol–water partition coefficient (Wildman–Crippen LogP) is 2.14. The Morgan fingerprint density at radius 2 is 2.14 bits per heavy atom. The molecule has 3 rings (SSSR count). The number of nitrogens with zero attached hydrogens (tertiary/aromatic N) is 3. The van der Waals surface area contributed by atoms with Crippen molar-refractivity contribution in [2.75, 3.05) is 13.1 Å². The van der Waals surface area contributed by atoms with E-state index >= 15 is 0 Å². The molecule has 3 heterocycles. The zero-order chi connectivity index (χ0) is 15.1. The van der Waals surface area contributed by atoms with Crippen LogP contribution in [0, 0.1) is 12.8 Å². The highest BCUT2D eigenvalue weighted by Gasteiger charge is 2.26. The lowest BCUT2D eigenvalue weighted by Gasteiger charge is -2.33. The lowest BCUT2D eigenvalue weighted by atomic mass is 9.91. The van der Waals surface area contributed by atoms with E-state index in [9.17, 15) is 4.79 Å². The lowest BCUT2D eigenvalue weighted by molar-refractivity contribution is 0.0686. The second kappa shape index (κ2) is 5.42. The Morgan fingerprint density at radius 1 is 1.48 bits per heavy atom. The molecule has 2 N–H and O–H groups in total. The fraction of sp³-hybridized carbons (Fsp3) is 0.600. The van der Waals surface area contributed by atoms with Crippen molar-refractivity contribution in [2.24, 2.45) is 18.7 Å². The van der Waals surface area contributed by atoms with Crippen LogP contribution in [0.25, 0.3) is 10.2 Å². The molecule has 1 atom stereocenters. The van der Waals surface area contributed by atoms with E-state index in [2.05, 4.69) is 12.0 Å². The molecule has 2 aromatic rings. The van der Waals surface area contributed by atoms with Gasteiger partial charge in [-0.3, -0.25) is 9.48 Å². The second-order valence-corrected chi connectivity index (χ2v) is 7.06. The molecule has 21 heavy (non-hydrogen) atoms. The molecule has 6 heteroatoms. The van der Waals surface area contributed by atoms with Gasteiger partial charge < -0.3 is 10.6 Å². The lowest BCUT2D eigenvalue weighted by Crippen LogP contribution is -2.42. The average Bonchev–Trinajstić information content (AvgIpc) is 3.01. The van der Waals surface area contributed by atoms with Gasteiger partial charge in [-0.15, -0.1) is 11.3 Å². The number of likely N-dealkylation sites (tertiary alicyclic amines) is 1. The van der Waals surface area contributed by atoms with Crippen LogP contribution < -0.4 is 5.73 Å². The minimum Gasteiger partial charge on any atom is -0.338 e. The van der Waals surface area contributed by atoms with E-state index in [1.54, 1.807) is 0 Å². The number of piperidine rings is 1. The molecule has 0 saturated carbocycles. The van der Waals surface area contributed by atoms with Gasteiger partial charge >= 0.3 is 0 Å². The Kier molecular flexibility index (Phi) is 3.75. The first-order chi connectivity index (χ1) is 9.97. The first-order valence-corrected chi connectivity index (χ1v) is 8.27. The van der Waals surface area contributed by atoms with Crippen molar-refractivity contribution >= 4 is 27.5 Å². The van der Waals surface area contributed by atoms with Gasteiger partial charge in [-0.1, -0.05) is 0 Å². The highest BCUT2D eigenvalue weighted by molar-refractivity contribution is 7.20. The van der Waals surface area contributed by atoms with E-state index in [4.69, 9.17) is 5.73 Å². The van der Waals surface area contributed by atoms with E-state index < -0.39 is 0 Å². The molecule has 2 aromatic heterocycles. The molecule has 1 aliphatic rings. The molecule has 5 nitrogen and oxygen atoms in total. The Balaban J connectivity index is 1.77. The van der Waals surface area contributed by atoms with E-state index in [-0.39, 0.29) is 11.9 Å². The molecule has 0 spiro atoms. The van der Waals surface area contributed by atoms with Crippen LogP contribution in [-0.4, -0.2) is 39.7 Å². The fourth-order valence-corrected chi connectivity index (χ4v) is 4.19. The Hall–Kier alpha value is -1.40. The third-order valence-corrected chi connectivity index (χ3v) is 5.67. The van der Waals surface area contributed by atoms with Gasteiger partial charge in [0.2, 0.25) is 0 Å². The summed E-state index contributed by atoms with van der Waals surface area (Å²) in [7, 11) is 1.92. The molecule has 0 radical (unpaired) electrons. The van der Waals surface area contributed by atoms with Gasteiger partial charge in [-0.2, -0.15) is 5.10 Å². The summed E-state index contributed by atoms with van der Waals surface area (Å²) in [5.74, 6) is 0.696. The summed E-state index contributed by atoms with van der Waals surface area (Å²) in [4.78, 5) is 16.5. The highest BCUT2D eigenvalue weighted by Crippen LogP contribution is 2.29. The molecule has 1 unspecified atom stereocenters. The van der Waals surface area contributed by atoms with Gasteiger partial charge in [0.25, 0.3) is 5.91 Å². The number of nitrogens with two attached hydrogens (primary N) is 1. The Bertz CT molecular complexity index is 630. The standard InChI is InChI=1S/C15H22N4OS/c1-9(16)11-4-6-19(7-5-11)14(20)13-8-12-10(2)17-18(3)15(12)21-13/h8-9,11H,4-7,16H2,1-3H3. The van der Waals surface area contributed by atoms with Gasteiger partial charge in [0, 0.05) is 31.6 Å². The molecule has 0 aliphatic carbocycles.